The van der Waals surface area contributed by atoms with Gasteiger partial charge < -0.3 is 20.5 Å². The van der Waals surface area contributed by atoms with E-state index in [1.165, 1.54) is 19.4 Å². The van der Waals surface area contributed by atoms with Crippen molar-refractivity contribution in [3.05, 3.63) is 17.8 Å². The second kappa shape index (κ2) is 6.94. The van der Waals surface area contributed by atoms with Gasteiger partial charge in [0.2, 0.25) is 0 Å². The van der Waals surface area contributed by atoms with E-state index >= 15 is 0 Å². The zero-order chi connectivity index (χ0) is 15.2. The maximum Gasteiger partial charge on any atom is 0.411 e. The molecule has 0 amide bonds. The van der Waals surface area contributed by atoms with Crippen LogP contribution in [0.25, 0.3) is 0 Å². The second-order valence-corrected chi connectivity index (χ2v) is 3.74. The first-order valence-electron chi connectivity index (χ1n) is 5.55. The minimum absolute atomic E-state index is 0.105. The first-order chi connectivity index (χ1) is 9.33. The van der Waals surface area contributed by atoms with Crippen molar-refractivity contribution >= 4 is 17.5 Å². The van der Waals surface area contributed by atoms with Gasteiger partial charge in [-0.2, -0.15) is 13.2 Å². The van der Waals surface area contributed by atoms with E-state index in [9.17, 15) is 18.0 Å². The number of nitrogens with one attached hydrogen (secondary N) is 1. The first kappa shape index (κ1) is 16.0. The van der Waals surface area contributed by atoms with E-state index in [1.807, 2.05) is 0 Å². The van der Waals surface area contributed by atoms with Gasteiger partial charge in [-0.3, -0.25) is 0 Å². The number of nitrogens with two attached hydrogens (primary N) is 1. The molecule has 20 heavy (non-hydrogen) atoms. The largest absolute Gasteiger partial charge is 0.465 e. The van der Waals surface area contributed by atoms with Crippen LogP contribution in [-0.2, 0) is 9.47 Å². The Kier molecular flexibility index (Phi) is 5.56. The molecule has 0 atom stereocenters. The fourth-order valence-electron chi connectivity index (χ4n) is 1.29. The number of alkyl halides is 3. The number of methoxy groups -OCH3 is 1. The smallest absolute Gasteiger partial charge is 0.411 e. The van der Waals surface area contributed by atoms with Crippen LogP contribution in [0.15, 0.2) is 12.3 Å². The molecule has 1 heterocycles. The molecule has 1 aromatic heterocycles. The van der Waals surface area contributed by atoms with Gasteiger partial charge in [0, 0.05) is 6.54 Å². The number of pyridine rings is 1. The Labute approximate surface area is 113 Å². The number of hydrogen-bond donors (Lipinski definition) is 2. The number of carbonyl (C=O) groups is 1. The van der Waals surface area contributed by atoms with Gasteiger partial charge in [-0.25, -0.2) is 9.78 Å². The molecule has 0 radical (unpaired) electrons. The molecular formula is C11H14F3N3O3. The molecule has 1 rings (SSSR count). The van der Waals surface area contributed by atoms with Crippen LogP contribution in [0.5, 0.6) is 0 Å². The molecule has 0 bridgehead atoms. The molecule has 9 heteroatoms. The number of ether oxygens (including phenoxy) is 2. The van der Waals surface area contributed by atoms with E-state index in [0.717, 1.165) is 0 Å². The van der Waals surface area contributed by atoms with Gasteiger partial charge >= 0.3 is 12.1 Å². The fraction of sp³-hybridized carbons (Fsp3) is 0.455. The summed E-state index contributed by atoms with van der Waals surface area (Å²) in [6.45, 7) is -1.36. The highest BCUT2D eigenvalue weighted by molar-refractivity contribution is 5.95. The second-order valence-electron chi connectivity index (χ2n) is 3.74. The van der Waals surface area contributed by atoms with Gasteiger partial charge in [-0.1, -0.05) is 0 Å². The lowest BCUT2D eigenvalue weighted by Crippen LogP contribution is -2.20. The predicted octanol–water partition coefficient (Wildman–Crippen LogP) is 1.44. The van der Waals surface area contributed by atoms with Crippen LogP contribution in [0.1, 0.15) is 10.4 Å². The molecule has 0 unspecified atom stereocenters. The number of hydrogen-bond acceptors (Lipinski definition) is 6. The van der Waals surface area contributed by atoms with E-state index in [1.54, 1.807) is 0 Å². The van der Waals surface area contributed by atoms with Crippen LogP contribution in [-0.4, -0.2) is 44.0 Å². The van der Waals surface area contributed by atoms with Crippen molar-refractivity contribution in [2.45, 2.75) is 6.18 Å². The zero-order valence-corrected chi connectivity index (χ0v) is 10.7. The number of carbonyl (C=O) groups excluding carboxylic acids is 1. The van der Waals surface area contributed by atoms with Crippen LogP contribution in [0.4, 0.5) is 24.7 Å². The Balaban J connectivity index is 2.47. The lowest BCUT2D eigenvalue weighted by Gasteiger charge is -2.10. The van der Waals surface area contributed by atoms with Crippen molar-refractivity contribution in [3.63, 3.8) is 0 Å². The molecular weight excluding hydrogens is 279 g/mol. The Morgan fingerprint density at radius 2 is 2.20 bits per heavy atom. The number of nitrogen functional groups attached to an aromatic ring is 1. The average Bonchev–Trinajstić information content (AvgIpc) is 2.38. The van der Waals surface area contributed by atoms with Gasteiger partial charge in [0.15, 0.2) is 0 Å². The third-order valence-corrected chi connectivity index (χ3v) is 2.16. The van der Waals surface area contributed by atoms with Gasteiger partial charge in [0.05, 0.1) is 31.2 Å². The number of esters is 1. The van der Waals surface area contributed by atoms with Crippen LogP contribution in [0, 0.1) is 0 Å². The molecule has 0 aliphatic carbocycles. The summed E-state index contributed by atoms with van der Waals surface area (Å²) in [5.74, 6) is -0.337. The van der Waals surface area contributed by atoms with Crippen LogP contribution in [0.3, 0.4) is 0 Å². The Hall–Kier alpha value is -2.03. The molecule has 0 saturated carbocycles. The molecule has 3 N–H and O–H groups in total. The Morgan fingerprint density at radius 1 is 1.50 bits per heavy atom. The summed E-state index contributed by atoms with van der Waals surface area (Å²) in [5.41, 5.74) is 5.82. The van der Waals surface area contributed by atoms with E-state index in [-0.39, 0.29) is 30.2 Å². The van der Waals surface area contributed by atoms with Gasteiger partial charge in [-0.05, 0) is 6.07 Å². The summed E-state index contributed by atoms with van der Waals surface area (Å²) in [5, 5.41) is 2.71. The molecule has 0 fully saturated rings. The van der Waals surface area contributed by atoms with Gasteiger partial charge in [0.25, 0.3) is 0 Å². The standard InChI is InChI=1S/C11H14F3N3O3/c1-19-10(18)7-4-9(17-5-8(7)15)16-2-3-20-6-11(12,13)14/h4-5H,2-3,6,15H2,1H3,(H,16,17). The molecule has 0 spiro atoms. The SMILES string of the molecule is COC(=O)c1cc(NCCOCC(F)(F)F)ncc1N. The monoisotopic (exact) mass is 293 g/mol. The van der Waals surface area contributed by atoms with Crippen LogP contribution >= 0.6 is 0 Å². The van der Waals surface area contributed by atoms with Crippen molar-refractivity contribution in [3.8, 4) is 0 Å². The predicted molar refractivity (Wildman–Crippen MR) is 65.4 cm³/mol. The molecule has 0 aliphatic heterocycles. The number of nitrogens with zero attached hydrogens (tertiary/aromatic N) is 1. The van der Waals surface area contributed by atoms with Crippen molar-refractivity contribution in [2.24, 2.45) is 0 Å². The summed E-state index contributed by atoms with van der Waals surface area (Å²) in [6, 6.07) is 1.35. The lowest BCUT2D eigenvalue weighted by atomic mass is 10.2. The van der Waals surface area contributed by atoms with E-state index < -0.39 is 18.8 Å². The minimum atomic E-state index is -4.35. The first-order valence-corrected chi connectivity index (χ1v) is 5.55. The summed E-state index contributed by atoms with van der Waals surface area (Å²) >= 11 is 0. The van der Waals surface area contributed by atoms with E-state index in [2.05, 4.69) is 19.8 Å². The normalized spacial score (nSPS) is 11.2. The molecule has 0 aromatic carbocycles. The van der Waals surface area contributed by atoms with Crippen molar-refractivity contribution in [1.82, 2.24) is 4.98 Å². The zero-order valence-electron chi connectivity index (χ0n) is 10.7. The van der Waals surface area contributed by atoms with E-state index in [4.69, 9.17) is 5.73 Å². The summed E-state index contributed by atoms with van der Waals surface area (Å²) in [7, 11) is 1.21. The van der Waals surface area contributed by atoms with Crippen molar-refractivity contribution in [2.75, 3.05) is 37.9 Å². The number of aromatic nitrogens is 1. The van der Waals surface area contributed by atoms with Gasteiger partial charge in [-0.15, -0.1) is 0 Å². The molecule has 0 saturated heterocycles. The summed E-state index contributed by atoms with van der Waals surface area (Å²) in [4.78, 5) is 15.2. The third-order valence-electron chi connectivity index (χ3n) is 2.16. The lowest BCUT2D eigenvalue weighted by molar-refractivity contribution is -0.172. The number of halogens is 3. The van der Waals surface area contributed by atoms with Crippen LogP contribution in [0.2, 0.25) is 0 Å². The summed E-state index contributed by atoms with van der Waals surface area (Å²) in [6.07, 6.45) is -3.09. The van der Waals surface area contributed by atoms with Crippen molar-refractivity contribution < 1.29 is 27.4 Å². The van der Waals surface area contributed by atoms with Gasteiger partial charge in [0.1, 0.15) is 12.4 Å². The maximum absolute atomic E-state index is 11.8. The fourth-order valence-corrected chi connectivity index (χ4v) is 1.29. The molecule has 1 aromatic rings. The quantitative estimate of drug-likeness (QED) is 0.609. The topological polar surface area (TPSA) is 86.5 Å². The molecule has 112 valence electrons. The molecule has 6 nitrogen and oxygen atoms in total. The highest BCUT2D eigenvalue weighted by atomic mass is 19.4. The highest BCUT2D eigenvalue weighted by Crippen LogP contribution is 2.16. The van der Waals surface area contributed by atoms with Crippen molar-refractivity contribution in [1.29, 1.82) is 0 Å². The Morgan fingerprint density at radius 3 is 2.80 bits per heavy atom. The molecule has 0 aliphatic rings. The van der Waals surface area contributed by atoms with Crippen LogP contribution < -0.4 is 11.1 Å². The van der Waals surface area contributed by atoms with E-state index in [0.29, 0.717) is 0 Å². The number of anilines is 2. The number of rotatable bonds is 6. The minimum Gasteiger partial charge on any atom is -0.465 e. The summed E-state index contributed by atoms with van der Waals surface area (Å²) < 4.78 is 44.4. The Bertz CT molecular complexity index is 466. The maximum atomic E-state index is 11.8. The highest BCUT2D eigenvalue weighted by Gasteiger charge is 2.27. The average molecular weight is 293 g/mol. The third kappa shape index (κ3) is 5.31.